The molecule has 3 N–H and O–H groups in total. The fourth-order valence-electron chi connectivity index (χ4n) is 11.1. The molecule has 0 aromatic carbocycles. The van der Waals surface area contributed by atoms with Crippen LogP contribution in [0.2, 0.25) is 0 Å². The zero-order valence-electron chi connectivity index (χ0n) is 59.9. The fourth-order valence-corrected chi connectivity index (χ4v) is 12.7. The molecule has 0 amide bonds. The number of carbonyl (C=O) groups excluding carboxylic acids is 4. The maximum atomic E-state index is 13.0. The summed E-state index contributed by atoms with van der Waals surface area (Å²) in [4.78, 5) is 72.7. The Bertz CT molecular complexity index is 1790. The molecule has 0 rings (SSSR count). The molecule has 5 atom stereocenters. The Morgan fingerprint density at radius 3 is 0.739 bits per heavy atom. The minimum Gasteiger partial charge on any atom is -0.462 e. The third kappa shape index (κ3) is 66.7. The van der Waals surface area contributed by atoms with Crippen LogP contribution in [0, 0.1) is 11.8 Å². The lowest BCUT2D eigenvalue weighted by Crippen LogP contribution is -2.30. The molecule has 0 saturated heterocycles. The van der Waals surface area contributed by atoms with E-state index in [4.69, 9.17) is 37.0 Å². The molecule has 0 aromatic heterocycles. The largest absolute Gasteiger partial charge is 0.472 e. The highest BCUT2D eigenvalue weighted by molar-refractivity contribution is 7.47. The maximum Gasteiger partial charge on any atom is 0.472 e. The highest BCUT2D eigenvalue weighted by Crippen LogP contribution is 2.45. The van der Waals surface area contributed by atoms with Crippen LogP contribution in [0.4, 0.5) is 0 Å². The molecule has 0 spiro atoms. The molecule has 0 fully saturated rings. The molecule has 0 aliphatic rings. The summed E-state index contributed by atoms with van der Waals surface area (Å²) in [6, 6.07) is 0. The Morgan fingerprint density at radius 2 is 0.500 bits per heavy atom. The molecule has 92 heavy (non-hydrogen) atoms. The quantitative estimate of drug-likeness (QED) is 0.0222. The summed E-state index contributed by atoms with van der Waals surface area (Å²) in [6.45, 7) is 9.57. The first-order chi connectivity index (χ1) is 44.4. The molecule has 0 radical (unpaired) electrons. The number of phosphoric ester groups is 2. The number of esters is 4. The van der Waals surface area contributed by atoms with Crippen LogP contribution in [0.15, 0.2) is 0 Å². The predicted molar refractivity (Wildman–Crippen MR) is 372 cm³/mol. The normalized spacial score (nSPS) is 14.1. The van der Waals surface area contributed by atoms with Gasteiger partial charge in [0.15, 0.2) is 12.2 Å². The number of carbonyl (C=O) groups is 4. The van der Waals surface area contributed by atoms with Crippen molar-refractivity contribution < 1.29 is 80.2 Å². The van der Waals surface area contributed by atoms with Gasteiger partial charge in [-0.2, -0.15) is 0 Å². The van der Waals surface area contributed by atoms with E-state index in [-0.39, 0.29) is 25.7 Å². The van der Waals surface area contributed by atoms with Crippen molar-refractivity contribution in [1.29, 1.82) is 0 Å². The second kappa shape index (κ2) is 65.0. The van der Waals surface area contributed by atoms with Crippen LogP contribution in [0.5, 0.6) is 0 Å². The van der Waals surface area contributed by atoms with Gasteiger partial charge in [-0.3, -0.25) is 37.3 Å². The molecule has 0 saturated carbocycles. The summed E-state index contributed by atoms with van der Waals surface area (Å²) in [5, 5.41) is 10.6. The third-order valence-corrected chi connectivity index (χ3v) is 18.9. The van der Waals surface area contributed by atoms with Crippen LogP contribution in [-0.4, -0.2) is 96.7 Å². The number of unbranched alkanes of at least 4 members (excludes halogenated alkanes) is 42. The van der Waals surface area contributed by atoms with Gasteiger partial charge in [0.25, 0.3) is 0 Å². The van der Waals surface area contributed by atoms with Crippen LogP contribution >= 0.6 is 15.6 Å². The standard InChI is InChI=1S/C73H142O17P2/c1-7-9-11-13-15-17-19-21-25-33-39-45-51-57-72(77)89-68(61-83-70(75)55-49-43-37-31-24-20-18-16-14-12-10-8-2)63-87-91(79,80)85-59-67(74)60-86-92(81,82)88-64-69(62-84-71(76)56-50-44-38-32-28-27-30-36-42-48-54-66(5)6)90-73(78)58-52-46-40-34-26-22-23-29-35-41-47-53-65(3)4/h65-69,74H,7-64H2,1-6H3,(H,79,80)(H,81,82)/t67-,68+,69+/m0/s1. The lowest BCUT2D eigenvalue weighted by Gasteiger charge is -2.21. The zero-order valence-corrected chi connectivity index (χ0v) is 61.6. The summed E-state index contributed by atoms with van der Waals surface area (Å²) >= 11 is 0. The average molecular weight is 1350 g/mol. The van der Waals surface area contributed by atoms with Crippen molar-refractivity contribution in [3.8, 4) is 0 Å². The molecular weight excluding hydrogens is 1210 g/mol. The average Bonchev–Trinajstić information content (AvgIpc) is 1.69. The number of aliphatic hydroxyl groups excluding tert-OH is 1. The first-order valence-electron chi connectivity index (χ1n) is 38.0. The summed E-state index contributed by atoms with van der Waals surface area (Å²) in [7, 11) is -9.91. The van der Waals surface area contributed by atoms with E-state index >= 15 is 0 Å². The second-order valence-electron chi connectivity index (χ2n) is 27.3. The van der Waals surface area contributed by atoms with Crippen molar-refractivity contribution in [2.45, 2.75) is 394 Å². The van der Waals surface area contributed by atoms with Gasteiger partial charge < -0.3 is 33.8 Å². The van der Waals surface area contributed by atoms with Crippen LogP contribution in [0.3, 0.4) is 0 Å². The first-order valence-corrected chi connectivity index (χ1v) is 41.0. The van der Waals surface area contributed by atoms with Gasteiger partial charge in [0.2, 0.25) is 0 Å². The molecule has 0 heterocycles. The number of hydrogen-bond donors (Lipinski definition) is 3. The molecule has 2 unspecified atom stereocenters. The molecule has 0 aromatic rings. The highest BCUT2D eigenvalue weighted by Gasteiger charge is 2.30. The lowest BCUT2D eigenvalue weighted by molar-refractivity contribution is -0.161. The van der Waals surface area contributed by atoms with Crippen molar-refractivity contribution in [2.75, 3.05) is 39.6 Å². The first kappa shape index (κ1) is 90.1. The summed E-state index contributed by atoms with van der Waals surface area (Å²) < 4.78 is 68.4. The minimum absolute atomic E-state index is 0.106. The van der Waals surface area contributed by atoms with Gasteiger partial charge in [0, 0.05) is 25.7 Å². The van der Waals surface area contributed by atoms with Crippen LogP contribution in [-0.2, 0) is 65.4 Å². The Morgan fingerprint density at radius 1 is 0.293 bits per heavy atom. The van der Waals surface area contributed by atoms with E-state index in [0.717, 1.165) is 102 Å². The third-order valence-electron chi connectivity index (χ3n) is 17.0. The lowest BCUT2D eigenvalue weighted by atomic mass is 10.0. The van der Waals surface area contributed by atoms with E-state index in [1.54, 1.807) is 0 Å². The Kier molecular flexibility index (Phi) is 63.7. The summed E-state index contributed by atoms with van der Waals surface area (Å²) in [5.74, 6) is -0.593. The minimum atomic E-state index is -4.95. The van der Waals surface area contributed by atoms with Crippen molar-refractivity contribution in [3.05, 3.63) is 0 Å². The SMILES string of the molecule is CCCCCCCCCCCCCCCC(=O)O[C@H](COC(=O)CCCCCCCCCCCCCC)COP(=O)(O)OC[C@H](O)COP(=O)(O)OC[C@@H](COC(=O)CCCCCCCCCCCCC(C)C)OC(=O)CCCCCCCCCCCCCC(C)C. The Labute approximate surface area is 562 Å². The van der Waals surface area contributed by atoms with Gasteiger partial charge in [-0.1, -0.05) is 324 Å². The molecule has 0 aliphatic heterocycles. The van der Waals surface area contributed by atoms with Gasteiger partial charge in [-0.05, 0) is 37.5 Å². The topological polar surface area (TPSA) is 237 Å². The highest BCUT2D eigenvalue weighted by atomic mass is 31.2. The van der Waals surface area contributed by atoms with Crippen molar-refractivity contribution in [2.24, 2.45) is 11.8 Å². The number of hydrogen-bond acceptors (Lipinski definition) is 15. The van der Waals surface area contributed by atoms with Crippen molar-refractivity contribution in [1.82, 2.24) is 0 Å². The monoisotopic (exact) mass is 1350 g/mol. The van der Waals surface area contributed by atoms with Gasteiger partial charge in [-0.25, -0.2) is 9.13 Å². The van der Waals surface area contributed by atoms with Crippen molar-refractivity contribution in [3.63, 3.8) is 0 Å². The number of aliphatic hydroxyl groups is 1. The Hall–Kier alpha value is -1.94. The van der Waals surface area contributed by atoms with Crippen molar-refractivity contribution >= 4 is 39.5 Å². The molecule has 0 aliphatic carbocycles. The number of phosphoric acid groups is 2. The van der Waals surface area contributed by atoms with Gasteiger partial charge in [0.05, 0.1) is 26.4 Å². The van der Waals surface area contributed by atoms with Gasteiger partial charge in [-0.15, -0.1) is 0 Å². The Balaban J connectivity index is 5.27. The molecular formula is C73H142O17P2. The predicted octanol–water partition coefficient (Wildman–Crippen LogP) is 21.2. The molecule has 17 nitrogen and oxygen atoms in total. The van der Waals surface area contributed by atoms with E-state index in [9.17, 15) is 43.2 Å². The second-order valence-corrected chi connectivity index (χ2v) is 30.2. The molecule has 0 bridgehead atoms. The zero-order chi connectivity index (χ0) is 67.9. The number of rotatable bonds is 72. The van der Waals surface area contributed by atoms with E-state index in [2.05, 4.69) is 41.5 Å². The molecule has 19 heteroatoms. The molecule has 546 valence electrons. The van der Waals surface area contributed by atoms with Gasteiger partial charge >= 0.3 is 39.5 Å². The van der Waals surface area contributed by atoms with E-state index in [1.807, 2.05) is 0 Å². The maximum absolute atomic E-state index is 13.0. The summed E-state index contributed by atoms with van der Waals surface area (Å²) in [6.07, 6.45) is 51.1. The van der Waals surface area contributed by atoms with E-state index in [0.29, 0.717) is 25.7 Å². The fraction of sp³-hybridized carbons (Fsp3) is 0.945. The van der Waals surface area contributed by atoms with E-state index in [1.165, 1.54) is 193 Å². The summed E-state index contributed by atoms with van der Waals surface area (Å²) in [5.41, 5.74) is 0. The van der Waals surface area contributed by atoms with E-state index < -0.39 is 97.5 Å². The van der Waals surface area contributed by atoms with Crippen LogP contribution in [0.25, 0.3) is 0 Å². The van der Waals surface area contributed by atoms with Crippen LogP contribution in [0.1, 0.15) is 375 Å². The van der Waals surface area contributed by atoms with Gasteiger partial charge in [0.1, 0.15) is 19.3 Å². The van der Waals surface area contributed by atoms with Crippen LogP contribution < -0.4 is 0 Å². The smallest absolute Gasteiger partial charge is 0.462 e. The number of ether oxygens (including phenoxy) is 4.